The van der Waals surface area contributed by atoms with E-state index >= 15 is 0 Å². The summed E-state index contributed by atoms with van der Waals surface area (Å²) in [7, 11) is 0. The number of carbonyl (C=O) groups excluding carboxylic acids is 1. The normalized spacial score (nSPS) is 26.1. The number of β-amino-alcohol motifs (C(OH)–C–C–N with tert-alkyl or cyclic N) is 1. The highest BCUT2D eigenvalue weighted by molar-refractivity contribution is 5.73. The smallest absolute Gasteiger partial charge is 0.219 e. The van der Waals surface area contributed by atoms with Crippen molar-refractivity contribution in [2.75, 3.05) is 50.7 Å². The van der Waals surface area contributed by atoms with Crippen LogP contribution in [0.2, 0.25) is 0 Å². The summed E-state index contributed by atoms with van der Waals surface area (Å²) >= 11 is 0. The maximum atomic E-state index is 11.9. The van der Waals surface area contributed by atoms with Crippen LogP contribution in [-0.4, -0.2) is 92.0 Å². The molecule has 3 aliphatic heterocycles. The van der Waals surface area contributed by atoms with Crippen molar-refractivity contribution in [2.24, 2.45) is 0 Å². The van der Waals surface area contributed by atoms with Gasteiger partial charge in [-0.05, 0) is 70.2 Å². The molecule has 1 N–H and O–H groups in total. The van der Waals surface area contributed by atoms with Gasteiger partial charge >= 0.3 is 0 Å². The number of aromatic nitrogens is 4. The lowest BCUT2D eigenvalue weighted by molar-refractivity contribution is -0.132. The topological polar surface area (TPSA) is 90.1 Å². The van der Waals surface area contributed by atoms with E-state index in [1.165, 1.54) is 12.8 Å². The van der Waals surface area contributed by atoms with E-state index in [0.717, 1.165) is 82.1 Å². The van der Waals surface area contributed by atoms with Gasteiger partial charge in [-0.1, -0.05) is 0 Å². The quantitative estimate of drug-likeness (QED) is 0.772. The number of nitrogens with zero attached hydrogens (tertiary/aromatic N) is 7. The molecule has 9 heteroatoms. The largest absolute Gasteiger partial charge is 0.387 e. The van der Waals surface area contributed by atoms with Crippen LogP contribution in [0, 0.1) is 0 Å². The highest BCUT2D eigenvalue weighted by Gasteiger charge is 2.36. The Balaban J connectivity index is 1.24. The van der Waals surface area contributed by atoms with Crippen LogP contribution in [0.25, 0.3) is 5.65 Å². The Morgan fingerprint density at radius 2 is 1.81 bits per heavy atom. The van der Waals surface area contributed by atoms with Crippen LogP contribution in [0.4, 0.5) is 5.82 Å². The Morgan fingerprint density at radius 3 is 2.56 bits per heavy atom. The zero-order valence-corrected chi connectivity index (χ0v) is 19.1. The van der Waals surface area contributed by atoms with E-state index in [1.807, 2.05) is 15.5 Å². The average molecular weight is 442 g/mol. The summed E-state index contributed by atoms with van der Waals surface area (Å²) in [5.74, 6) is 2.35. The number of rotatable bonds is 4. The van der Waals surface area contributed by atoms with Crippen molar-refractivity contribution in [3.05, 3.63) is 18.0 Å². The molecule has 9 nitrogen and oxygen atoms in total. The number of amides is 1. The molecule has 0 spiro atoms. The second-order valence-electron chi connectivity index (χ2n) is 9.89. The SMILES string of the molecule is CC(=O)N1CCCCC(O)(CN2CCC(c3nnc4ccc(N5CCCC5)nn34)CC2)C1. The number of hydrogen-bond acceptors (Lipinski definition) is 7. The lowest BCUT2D eigenvalue weighted by Crippen LogP contribution is -2.52. The first-order valence-corrected chi connectivity index (χ1v) is 12.2. The first-order chi connectivity index (χ1) is 15.5. The Labute approximate surface area is 189 Å². The second-order valence-corrected chi connectivity index (χ2v) is 9.89. The minimum Gasteiger partial charge on any atom is -0.387 e. The maximum Gasteiger partial charge on any atom is 0.219 e. The summed E-state index contributed by atoms with van der Waals surface area (Å²) in [6.07, 6.45) is 7.10. The highest BCUT2D eigenvalue weighted by atomic mass is 16.3. The first-order valence-electron chi connectivity index (χ1n) is 12.2. The Hall–Kier alpha value is -2.26. The van der Waals surface area contributed by atoms with Gasteiger partial charge in [-0.3, -0.25) is 4.79 Å². The molecule has 3 saturated heterocycles. The molecule has 0 aliphatic carbocycles. The van der Waals surface area contributed by atoms with E-state index in [1.54, 1.807) is 6.92 Å². The van der Waals surface area contributed by atoms with Gasteiger partial charge in [0.05, 0.1) is 12.1 Å². The van der Waals surface area contributed by atoms with E-state index < -0.39 is 5.60 Å². The van der Waals surface area contributed by atoms with Gasteiger partial charge in [0.25, 0.3) is 0 Å². The fraction of sp³-hybridized carbons (Fsp3) is 0.739. The van der Waals surface area contributed by atoms with Crippen molar-refractivity contribution < 1.29 is 9.90 Å². The van der Waals surface area contributed by atoms with Gasteiger partial charge in [-0.2, -0.15) is 4.52 Å². The molecule has 0 radical (unpaired) electrons. The molecule has 0 saturated carbocycles. The minimum atomic E-state index is -0.817. The van der Waals surface area contributed by atoms with E-state index in [0.29, 0.717) is 19.0 Å². The monoisotopic (exact) mass is 441 g/mol. The average Bonchev–Trinajstić information content (AvgIpc) is 3.42. The molecular weight excluding hydrogens is 406 g/mol. The fourth-order valence-electron chi connectivity index (χ4n) is 5.60. The molecule has 1 atom stereocenters. The van der Waals surface area contributed by atoms with E-state index in [4.69, 9.17) is 5.10 Å². The molecule has 32 heavy (non-hydrogen) atoms. The van der Waals surface area contributed by atoms with E-state index in [-0.39, 0.29) is 5.91 Å². The lowest BCUT2D eigenvalue weighted by atomic mass is 9.92. The summed E-state index contributed by atoms with van der Waals surface area (Å²) in [5, 5.41) is 25.0. The van der Waals surface area contributed by atoms with Gasteiger partial charge in [0, 0.05) is 39.0 Å². The summed E-state index contributed by atoms with van der Waals surface area (Å²) in [4.78, 5) is 18.4. The second kappa shape index (κ2) is 8.94. The summed E-state index contributed by atoms with van der Waals surface area (Å²) in [5.41, 5.74) is -0.00887. The first kappa shape index (κ1) is 21.6. The third-order valence-corrected chi connectivity index (χ3v) is 7.42. The predicted octanol–water partition coefficient (Wildman–Crippen LogP) is 1.67. The molecule has 1 amide bonds. The van der Waals surface area contributed by atoms with Crippen LogP contribution in [0.3, 0.4) is 0 Å². The predicted molar refractivity (Wildman–Crippen MR) is 122 cm³/mol. The molecular formula is C23H35N7O2. The van der Waals surface area contributed by atoms with Crippen molar-refractivity contribution in [3.63, 3.8) is 0 Å². The van der Waals surface area contributed by atoms with Gasteiger partial charge < -0.3 is 19.8 Å². The Bertz CT molecular complexity index is 949. The number of anilines is 1. The van der Waals surface area contributed by atoms with Crippen molar-refractivity contribution in [1.82, 2.24) is 29.6 Å². The standard InChI is InChI=1S/C23H35N7O2/c1-18(31)29-13-3-2-10-23(32,17-29)16-27-14-8-19(9-15-27)22-25-24-20-6-7-21(26-30(20)22)28-11-4-5-12-28/h6-7,19,32H,2-5,8-17H2,1H3. The highest BCUT2D eigenvalue weighted by Crippen LogP contribution is 2.30. The Morgan fingerprint density at radius 1 is 1.06 bits per heavy atom. The van der Waals surface area contributed by atoms with Crippen LogP contribution in [-0.2, 0) is 4.79 Å². The molecule has 3 fully saturated rings. The molecule has 0 bridgehead atoms. The molecule has 2 aromatic heterocycles. The number of likely N-dealkylation sites (tertiary alicyclic amines) is 2. The van der Waals surface area contributed by atoms with Crippen molar-refractivity contribution in [2.45, 2.75) is 63.4 Å². The zero-order valence-electron chi connectivity index (χ0n) is 19.1. The van der Waals surface area contributed by atoms with E-state index in [2.05, 4.69) is 26.1 Å². The van der Waals surface area contributed by atoms with Gasteiger partial charge in [0.2, 0.25) is 5.91 Å². The lowest BCUT2D eigenvalue weighted by Gasteiger charge is -2.39. The van der Waals surface area contributed by atoms with Crippen LogP contribution in [0.5, 0.6) is 0 Å². The number of piperidine rings is 1. The third-order valence-electron chi connectivity index (χ3n) is 7.42. The fourth-order valence-corrected chi connectivity index (χ4v) is 5.60. The molecule has 1 unspecified atom stereocenters. The van der Waals surface area contributed by atoms with Crippen LogP contribution < -0.4 is 4.90 Å². The van der Waals surface area contributed by atoms with E-state index in [9.17, 15) is 9.90 Å². The zero-order chi connectivity index (χ0) is 22.1. The van der Waals surface area contributed by atoms with Crippen LogP contribution in [0.15, 0.2) is 12.1 Å². The number of aliphatic hydroxyl groups is 1. The third kappa shape index (κ3) is 4.45. The van der Waals surface area contributed by atoms with Gasteiger partial charge in [0.1, 0.15) is 5.82 Å². The van der Waals surface area contributed by atoms with Crippen LogP contribution >= 0.6 is 0 Å². The molecule has 5 rings (SSSR count). The molecule has 0 aromatic carbocycles. The number of hydrogen-bond donors (Lipinski definition) is 1. The minimum absolute atomic E-state index is 0.0588. The summed E-state index contributed by atoms with van der Waals surface area (Å²) < 4.78 is 1.94. The number of fused-ring (bicyclic) bond motifs is 1. The molecule has 5 heterocycles. The Kier molecular flexibility index (Phi) is 6.03. The van der Waals surface area contributed by atoms with Crippen molar-refractivity contribution >= 4 is 17.4 Å². The summed E-state index contributed by atoms with van der Waals surface area (Å²) in [6.45, 7) is 7.38. The number of carbonyl (C=O) groups is 1. The molecule has 3 aliphatic rings. The van der Waals surface area contributed by atoms with Crippen molar-refractivity contribution in [3.8, 4) is 0 Å². The molecule has 2 aromatic rings. The van der Waals surface area contributed by atoms with Gasteiger partial charge in [0.15, 0.2) is 11.5 Å². The van der Waals surface area contributed by atoms with Gasteiger partial charge in [-0.25, -0.2) is 0 Å². The maximum absolute atomic E-state index is 11.9. The summed E-state index contributed by atoms with van der Waals surface area (Å²) in [6, 6.07) is 4.08. The van der Waals surface area contributed by atoms with Gasteiger partial charge in [-0.15, -0.1) is 15.3 Å². The van der Waals surface area contributed by atoms with Crippen molar-refractivity contribution in [1.29, 1.82) is 0 Å². The molecule has 174 valence electrons. The van der Waals surface area contributed by atoms with Crippen LogP contribution in [0.1, 0.15) is 63.6 Å².